The molecule has 0 aliphatic carbocycles. The number of aromatic nitrogens is 4. The summed E-state index contributed by atoms with van der Waals surface area (Å²) in [5.41, 5.74) is 3.98. The van der Waals surface area contributed by atoms with E-state index in [4.69, 9.17) is 26.1 Å². The van der Waals surface area contributed by atoms with Gasteiger partial charge in [-0.05, 0) is 24.3 Å². The van der Waals surface area contributed by atoms with E-state index < -0.39 is 0 Å². The van der Waals surface area contributed by atoms with Crippen LogP contribution in [0.5, 0.6) is 0 Å². The first-order valence-electron chi connectivity index (χ1n) is 8.98. The molecule has 2 aromatic heterocycles. The molecule has 0 aliphatic rings. The molecule has 4 aromatic rings. The number of thiocarbonyl (C=S) groups is 2. The number of aliphatic hydroxyl groups is 3. The number of nitrogens with zero attached hydrogens (tertiary/aromatic N) is 6. The van der Waals surface area contributed by atoms with Crippen LogP contribution in [0, 0.1) is 0 Å². The Kier molecular flexibility index (Phi) is 18.6. The van der Waals surface area contributed by atoms with Gasteiger partial charge in [0.1, 0.15) is 24.9 Å². The van der Waals surface area contributed by atoms with Crippen LogP contribution in [0.3, 0.4) is 0 Å². The number of para-hydroxylation sites is 4. The van der Waals surface area contributed by atoms with Gasteiger partial charge >= 0.3 is 16.8 Å². The van der Waals surface area contributed by atoms with Crippen molar-refractivity contribution in [2.75, 3.05) is 7.11 Å². The largest absolute Gasteiger partial charge is 2.00 e. The minimum absolute atomic E-state index is 0. The third-order valence-corrected chi connectivity index (χ3v) is 4.04. The first kappa shape index (κ1) is 32.5. The number of hydrogen-bond donors (Lipinski definition) is 3. The third-order valence-electron chi connectivity index (χ3n) is 4.04. The summed E-state index contributed by atoms with van der Waals surface area (Å²) in [5.74, 6) is 1.41. The van der Waals surface area contributed by atoms with Crippen molar-refractivity contribution >= 4 is 56.8 Å². The van der Waals surface area contributed by atoms with E-state index in [2.05, 4.69) is 34.4 Å². The Bertz CT molecular complexity index is 1080. The molecule has 0 spiro atoms. The number of aliphatic hydroxyl groups excluding tert-OH is 3. The Labute approximate surface area is 212 Å². The van der Waals surface area contributed by atoms with Crippen LogP contribution in [0.2, 0.25) is 0 Å². The molecule has 0 saturated heterocycles. The number of fused-ring (bicyclic) bond motifs is 2. The van der Waals surface area contributed by atoms with Crippen LogP contribution in [-0.2, 0) is 44.1 Å². The van der Waals surface area contributed by atoms with Crippen molar-refractivity contribution in [1.29, 1.82) is 0 Å². The molecule has 177 valence electrons. The quantitative estimate of drug-likeness (QED) is 0.267. The summed E-state index contributed by atoms with van der Waals surface area (Å²) in [5, 5.41) is 41.8. The van der Waals surface area contributed by atoms with Gasteiger partial charge in [0.15, 0.2) is 0 Å². The second-order valence-electron chi connectivity index (χ2n) is 5.65. The van der Waals surface area contributed by atoms with E-state index in [1.54, 1.807) is 0 Å². The monoisotopic (exact) mass is 531 g/mol. The van der Waals surface area contributed by atoms with Crippen LogP contribution in [0.25, 0.3) is 32.9 Å². The molecule has 4 rings (SSSR count). The van der Waals surface area contributed by atoms with E-state index in [0.717, 1.165) is 29.2 Å². The van der Waals surface area contributed by atoms with Gasteiger partial charge in [-0.1, -0.05) is 48.7 Å². The summed E-state index contributed by atoms with van der Waals surface area (Å²) in [6.07, 6.45) is 0. The SMILES string of the molecule is CO.Cn1c(CO)nc2ccccc21.Cn1c(CO)nc2ccccc21.[Co+2].[N-]=C=S.[N-]=C=S. The second-order valence-corrected chi connectivity index (χ2v) is 6.02. The Morgan fingerprint density at radius 2 is 1.03 bits per heavy atom. The van der Waals surface area contributed by atoms with Crippen LogP contribution in [0.15, 0.2) is 48.5 Å². The molecular weight excluding hydrogens is 507 g/mol. The molecule has 0 aliphatic heterocycles. The molecular formula is C21H24CoN6O3S2. The van der Waals surface area contributed by atoms with Crippen LogP contribution in [-0.4, -0.2) is 51.9 Å². The molecule has 33 heavy (non-hydrogen) atoms. The molecule has 0 unspecified atom stereocenters. The van der Waals surface area contributed by atoms with Crippen molar-refractivity contribution in [2.24, 2.45) is 14.1 Å². The molecule has 2 heterocycles. The Balaban J connectivity index is 0. The summed E-state index contributed by atoms with van der Waals surface area (Å²) >= 11 is 7.40. The van der Waals surface area contributed by atoms with Crippen LogP contribution in [0.4, 0.5) is 0 Å². The van der Waals surface area contributed by atoms with Gasteiger partial charge in [0.25, 0.3) is 0 Å². The number of isothiocyanates is 2. The molecule has 3 N–H and O–H groups in total. The number of imidazole rings is 2. The third kappa shape index (κ3) is 9.80. The summed E-state index contributed by atoms with van der Waals surface area (Å²) in [7, 11) is 4.81. The summed E-state index contributed by atoms with van der Waals surface area (Å²) in [6.45, 7) is -0.0175. The predicted octanol–water partition coefficient (Wildman–Crippen LogP) is 3.05. The first-order chi connectivity index (χ1) is 15.5. The van der Waals surface area contributed by atoms with E-state index in [0.29, 0.717) is 11.6 Å². The normalized spacial score (nSPS) is 8.55. The fraction of sp³-hybridized carbons (Fsp3) is 0.238. The Morgan fingerprint density at radius 3 is 1.27 bits per heavy atom. The molecule has 0 fully saturated rings. The van der Waals surface area contributed by atoms with Gasteiger partial charge in [0, 0.05) is 21.2 Å². The van der Waals surface area contributed by atoms with Crippen LogP contribution < -0.4 is 0 Å². The van der Waals surface area contributed by atoms with Gasteiger partial charge in [0.2, 0.25) is 0 Å². The van der Waals surface area contributed by atoms with E-state index in [9.17, 15) is 0 Å². The molecule has 12 heteroatoms. The molecule has 0 amide bonds. The standard InChI is InChI=1S/2C9H10N2O.2CNS.CH4O.Co/c2*1-11-8-5-3-2-4-7(8)10-9(11)6-12;2*2-1-3;1-2;/h2*2-5,12H,6H2,1H3;;;2H,1H3;/q;;2*-1;;+2. The summed E-state index contributed by atoms with van der Waals surface area (Å²) < 4.78 is 3.80. The number of aryl methyl sites for hydroxylation is 2. The number of benzene rings is 2. The van der Waals surface area contributed by atoms with Crippen molar-refractivity contribution < 1.29 is 32.1 Å². The first-order valence-corrected chi connectivity index (χ1v) is 9.80. The zero-order chi connectivity index (χ0) is 24.5. The maximum absolute atomic E-state index is 8.94. The van der Waals surface area contributed by atoms with Crippen molar-refractivity contribution in [3.63, 3.8) is 0 Å². The van der Waals surface area contributed by atoms with Gasteiger partial charge in [0.05, 0.1) is 22.1 Å². The average Bonchev–Trinajstić information content (AvgIpc) is 3.33. The number of rotatable bonds is 2. The minimum atomic E-state index is -0.00875. The van der Waals surface area contributed by atoms with Crippen molar-refractivity contribution in [3.8, 4) is 0 Å². The number of hydrogen-bond acceptors (Lipinski definition) is 7. The van der Waals surface area contributed by atoms with E-state index in [1.807, 2.05) is 71.8 Å². The molecule has 0 atom stereocenters. The van der Waals surface area contributed by atoms with E-state index >= 15 is 0 Å². The predicted molar refractivity (Wildman–Crippen MR) is 133 cm³/mol. The maximum Gasteiger partial charge on any atom is 2.00 e. The maximum atomic E-state index is 8.94. The Hall–Kier alpha value is -2.63. The molecule has 2 aromatic carbocycles. The van der Waals surface area contributed by atoms with Crippen LogP contribution >= 0.6 is 24.4 Å². The average molecular weight is 532 g/mol. The zero-order valence-corrected chi connectivity index (χ0v) is 20.9. The van der Waals surface area contributed by atoms with Gasteiger partial charge in [-0.25, -0.2) is 9.97 Å². The van der Waals surface area contributed by atoms with E-state index in [-0.39, 0.29) is 30.0 Å². The smallest absolute Gasteiger partial charge is 0.753 e. The van der Waals surface area contributed by atoms with E-state index in [1.165, 1.54) is 10.3 Å². The van der Waals surface area contributed by atoms with Gasteiger partial charge in [-0.15, -0.1) is 0 Å². The van der Waals surface area contributed by atoms with Gasteiger partial charge in [-0.3, -0.25) is 0 Å². The molecule has 9 nitrogen and oxygen atoms in total. The van der Waals surface area contributed by atoms with Crippen molar-refractivity contribution in [3.05, 3.63) is 71.0 Å². The summed E-state index contributed by atoms with van der Waals surface area (Å²) in [6, 6.07) is 15.7. The Morgan fingerprint density at radius 1 is 0.758 bits per heavy atom. The molecule has 0 bridgehead atoms. The fourth-order valence-electron chi connectivity index (χ4n) is 2.67. The fourth-order valence-corrected chi connectivity index (χ4v) is 2.67. The second kappa shape index (κ2) is 18.9. The van der Waals surface area contributed by atoms with Gasteiger partial charge < -0.3 is 35.3 Å². The topological polar surface area (TPSA) is 141 Å². The van der Waals surface area contributed by atoms with Crippen molar-refractivity contribution in [2.45, 2.75) is 13.2 Å². The van der Waals surface area contributed by atoms with Crippen molar-refractivity contribution in [1.82, 2.24) is 19.1 Å². The zero-order valence-electron chi connectivity index (χ0n) is 18.2. The summed E-state index contributed by atoms with van der Waals surface area (Å²) in [4.78, 5) is 8.49. The molecule has 1 radical (unpaired) electrons. The molecule has 0 saturated carbocycles. The minimum Gasteiger partial charge on any atom is -0.753 e. The van der Waals surface area contributed by atoms with Crippen LogP contribution in [0.1, 0.15) is 11.6 Å². The van der Waals surface area contributed by atoms with Gasteiger partial charge in [-0.2, -0.15) is 10.3 Å².